The van der Waals surface area contributed by atoms with Gasteiger partial charge in [0.05, 0.1) is 18.2 Å². The molecule has 0 atom stereocenters. The van der Waals surface area contributed by atoms with Gasteiger partial charge in [-0.3, -0.25) is 0 Å². The fraction of sp³-hybridized carbons (Fsp3) is 0.381. The number of hydrogen-bond donors (Lipinski definition) is 0. The van der Waals surface area contributed by atoms with Crippen LogP contribution in [0.4, 0.5) is 0 Å². The Bertz CT molecular complexity index is 521. The SMILES string of the molecule is CC.CC.CCOc1ccc(C)cc1.Cc1ccc(C#N)cc1. The molecule has 2 aromatic carbocycles. The van der Waals surface area contributed by atoms with Crippen molar-refractivity contribution in [2.75, 3.05) is 6.61 Å². The van der Waals surface area contributed by atoms with Crippen LogP contribution >= 0.6 is 0 Å². The minimum Gasteiger partial charge on any atom is -0.494 e. The largest absolute Gasteiger partial charge is 0.494 e. The van der Waals surface area contributed by atoms with Gasteiger partial charge in [0.2, 0.25) is 0 Å². The van der Waals surface area contributed by atoms with Gasteiger partial charge >= 0.3 is 0 Å². The predicted molar refractivity (Wildman–Crippen MR) is 101 cm³/mol. The number of benzene rings is 2. The molecule has 0 heterocycles. The number of rotatable bonds is 2. The van der Waals surface area contributed by atoms with Crippen LogP contribution < -0.4 is 4.74 Å². The van der Waals surface area contributed by atoms with E-state index in [0.29, 0.717) is 0 Å². The summed E-state index contributed by atoms with van der Waals surface area (Å²) in [6.07, 6.45) is 0. The standard InChI is InChI=1S/C9H12O.C8H7N.2C2H6/c1-3-10-9-6-4-8(2)5-7-9;1-7-2-4-8(6-9)5-3-7;2*1-2/h4-7H,3H2,1-2H3;2-5H,1H3;2*1-2H3. The first-order valence-electron chi connectivity index (χ1n) is 8.32. The molecule has 0 saturated heterocycles. The average molecular weight is 313 g/mol. The third-order valence-corrected chi connectivity index (χ3v) is 2.51. The summed E-state index contributed by atoms with van der Waals surface area (Å²) in [5, 5.41) is 8.38. The summed E-state index contributed by atoms with van der Waals surface area (Å²) in [5.41, 5.74) is 3.18. The molecule has 23 heavy (non-hydrogen) atoms. The van der Waals surface area contributed by atoms with Crippen LogP contribution in [0.1, 0.15) is 51.3 Å². The topological polar surface area (TPSA) is 33.0 Å². The molecule has 0 aliphatic carbocycles. The van der Waals surface area contributed by atoms with E-state index in [-0.39, 0.29) is 0 Å². The van der Waals surface area contributed by atoms with Crippen molar-refractivity contribution in [1.29, 1.82) is 5.26 Å². The Labute approximate surface area is 142 Å². The second kappa shape index (κ2) is 16.1. The lowest BCUT2D eigenvalue weighted by Gasteiger charge is -2.01. The number of hydrogen-bond acceptors (Lipinski definition) is 2. The zero-order valence-corrected chi connectivity index (χ0v) is 15.7. The minimum atomic E-state index is 0.723. The first-order chi connectivity index (χ1) is 11.2. The first-order valence-corrected chi connectivity index (χ1v) is 8.32. The van der Waals surface area contributed by atoms with Crippen molar-refractivity contribution in [1.82, 2.24) is 0 Å². The smallest absolute Gasteiger partial charge is 0.119 e. The average Bonchev–Trinajstić information content (AvgIpc) is 2.62. The van der Waals surface area contributed by atoms with Gasteiger partial charge in [-0.1, -0.05) is 63.1 Å². The Hall–Kier alpha value is -2.27. The van der Waals surface area contributed by atoms with Gasteiger partial charge < -0.3 is 4.74 Å². The van der Waals surface area contributed by atoms with Crippen LogP contribution in [0, 0.1) is 25.2 Å². The van der Waals surface area contributed by atoms with Crippen LogP contribution in [0.3, 0.4) is 0 Å². The molecule has 0 aliphatic rings. The summed E-state index contributed by atoms with van der Waals surface area (Å²) in [6, 6.07) is 17.6. The summed E-state index contributed by atoms with van der Waals surface area (Å²) in [6.45, 7) is 14.8. The first kappa shape index (κ1) is 23.0. The van der Waals surface area contributed by atoms with Gasteiger partial charge in [-0.15, -0.1) is 0 Å². The zero-order valence-electron chi connectivity index (χ0n) is 15.7. The van der Waals surface area contributed by atoms with Crippen molar-refractivity contribution in [2.45, 2.75) is 48.5 Å². The quantitative estimate of drug-likeness (QED) is 0.650. The molecule has 0 aromatic heterocycles. The van der Waals surface area contributed by atoms with Crippen molar-refractivity contribution < 1.29 is 4.74 Å². The lowest BCUT2D eigenvalue weighted by atomic mass is 10.2. The molecule has 2 heteroatoms. The van der Waals surface area contributed by atoms with Gasteiger partial charge in [0, 0.05) is 0 Å². The molecule has 0 saturated carbocycles. The van der Waals surface area contributed by atoms with E-state index >= 15 is 0 Å². The van der Waals surface area contributed by atoms with E-state index in [1.165, 1.54) is 11.1 Å². The maximum absolute atomic E-state index is 8.38. The van der Waals surface area contributed by atoms with Crippen LogP contribution in [0.2, 0.25) is 0 Å². The van der Waals surface area contributed by atoms with Crippen LogP contribution in [0.5, 0.6) is 5.75 Å². The Morgan fingerprint density at radius 1 is 0.783 bits per heavy atom. The highest BCUT2D eigenvalue weighted by Gasteiger charge is 1.88. The minimum absolute atomic E-state index is 0.723. The molecule has 2 aromatic rings. The number of ether oxygens (including phenoxy) is 1. The molecule has 0 radical (unpaired) electrons. The molecule has 0 bridgehead atoms. The fourth-order valence-electron chi connectivity index (χ4n) is 1.43. The molecule has 0 aliphatic heterocycles. The Morgan fingerprint density at radius 2 is 1.17 bits per heavy atom. The van der Waals surface area contributed by atoms with Crippen molar-refractivity contribution in [3.05, 3.63) is 65.2 Å². The van der Waals surface area contributed by atoms with E-state index in [0.717, 1.165) is 17.9 Å². The highest BCUT2D eigenvalue weighted by Crippen LogP contribution is 2.10. The highest BCUT2D eigenvalue weighted by molar-refractivity contribution is 5.30. The van der Waals surface area contributed by atoms with Gasteiger partial charge in [0.1, 0.15) is 5.75 Å². The van der Waals surface area contributed by atoms with Gasteiger partial charge in [0.25, 0.3) is 0 Å². The predicted octanol–water partition coefficient (Wildman–Crippen LogP) is 6.31. The third-order valence-electron chi connectivity index (χ3n) is 2.51. The summed E-state index contributed by atoms with van der Waals surface area (Å²) < 4.78 is 5.26. The Balaban J connectivity index is 0. The van der Waals surface area contributed by atoms with Crippen molar-refractivity contribution in [2.24, 2.45) is 0 Å². The monoisotopic (exact) mass is 313 g/mol. The maximum Gasteiger partial charge on any atom is 0.119 e. The number of nitriles is 1. The molecular weight excluding hydrogens is 282 g/mol. The van der Waals surface area contributed by atoms with Gasteiger partial charge in [-0.05, 0) is 45.0 Å². The molecular formula is C21H31NO. The lowest BCUT2D eigenvalue weighted by molar-refractivity contribution is 0.340. The number of nitrogens with zero attached hydrogens (tertiary/aromatic N) is 1. The Kier molecular flexibility index (Phi) is 16.1. The van der Waals surface area contributed by atoms with E-state index in [1.807, 2.05) is 90.1 Å². The molecule has 0 N–H and O–H groups in total. The van der Waals surface area contributed by atoms with Crippen LogP contribution in [0.25, 0.3) is 0 Å². The van der Waals surface area contributed by atoms with Crippen LogP contribution in [-0.4, -0.2) is 6.61 Å². The summed E-state index contributed by atoms with van der Waals surface area (Å²) >= 11 is 0. The summed E-state index contributed by atoms with van der Waals surface area (Å²) in [4.78, 5) is 0. The van der Waals surface area contributed by atoms with E-state index in [9.17, 15) is 0 Å². The lowest BCUT2D eigenvalue weighted by Crippen LogP contribution is -1.90. The van der Waals surface area contributed by atoms with Crippen LogP contribution in [-0.2, 0) is 0 Å². The summed E-state index contributed by atoms with van der Waals surface area (Å²) in [5.74, 6) is 0.952. The molecule has 126 valence electrons. The molecule has 0 spiro atoms. The molecule has 2 nitrogen and oxygen atoms in total. The Morgan fingerprint density at radius 3 is 1.52 bits per heavy atom. The van der Waals surface area contributed by atoms with Gasteiger partial charge in [-0.2, -0.15) is 5.26 Å². The second-order valence-corrected chi connectivity index (χ2v) is 4.22. The van der Waals surface area contributed by atoms with Crippen LogP contribution in [0.15, 0.2) is 48.5 Å². The highest BCUT2D eigenvalue weighted by atomic mass is 16.5. The second-order valence-electron chi connectivity index (χ2n) is 4.22. The van der Waals surface area contributed by atoms with Crippen molar-refractivity contribution in [3.63, 3.8) is 0 Å². The van der Waals surface area contributed by atoms with E-state index in [1.54, 1.807) is 0 Å². The molecule has 0 unspecified atom stereocenters. The van der Waals surface area contributed by atoms with E-state index < -0.39 is 0 Å². The normalized spacial score (nSPS) is 7.91. The number of aryl methyl sites for hydroxylation is 2. The van der Waals surface area contributed by atoms with E-state index in [2.05, 4.69) is 13.0 Å². The van der Waals surface area contributed by atoms with E-state index in [4.69, 9.17) is 10.00 Å². The summed E-state index contributed by atoms with van der Waals surface area (Å²) in [7, 11) is 0. The maximum atomic E-state index is 8.38. The van der Waals surface area contributed by atoms with Crippen molar-refractivity contribution >= 4 is 0 Å². The zero-order chi connectivity index (χ0) is 18.1. The van der Waals surface area contributed by atoms with Gasteiger partial charge in [0.15, 0.2) is 0 Å². The van der Waals surface area contributed by atoms with Crippen molar-refractivity contribution in [3.8, 4) is 11.8 Å². The molecule has 2 rings (SSSR count). The van der Waals surface area contributed by atoms with Gasteiger partial charge in [-0.25, -0.2) is 0 Å². The third kappa shape index (κ3) is 12.0. The molecule has 0 amide bonds. The fourth-order valence-corrected chi connectivity index (χ4v) is 1.43. The molecule has 0 fully saturated rings.